The Balaban J connectivity index is 0.00000144. The zero-order valence-electron chi connectivity index (χ0n) is 8.94. The zero-order chi connectivity index (χ0) is 11.4. The molecule has 0 saturated heterocycles. The van der Waals surface area contributed by atoms with Crippen molar-refractivity contribution in [3.05, 3.63) is 35.9 Å². The minimum atomic E-state index is -0.265. The summed E-state index contributed by atoms with van der Waals surface area (Å²) in [6.07, 6.45) is 0. The second kappa shape index (κ2) is 7.43. The van der Waals surface area contributed by atoms with Crippen LogP contribution < -0.4 is 0 Å². The minimum Gasteiger partial charge on any atom is -0.269 e. The number of benzene rings is 1. The third-order valence-electron chi connectivity index (χ3n) is 2.12. The number of rotatable bonds is 3. The lowest BCUT2D eigenvalue weighted by Gasteiger charge is -2.14. The molecule has 0 N–H and O–H groups in total. The van der Waals surface area contributed by atoms with E-state index in [4.69, 9.17) is 11.6 Å². The lowest BCUT2D eigenvalue weighted by atomic mass is 10.2. The average molecular weight is 418 g/mol. The van der Waals surface area contributed by atoms with E-state index in [-0.39, 0.29) is 21.2 Å². The van der Waals surface area contributed by atoms with Crippen LogP contribution in [0.2, 0.25) is 0 Å². The molecular weight excluding hydrogens is 406 g/mol. The molecule has 6 heteroatoms. The van der Waals surface area contributed by atoms with E-state index in [0.29, 0.717) is 6.54 Å². The van der Waals surface area contributed by atoms with Gasteiger partial charge in [0.05, 0.1) is 6.54 Å². The Morgan fingerprint density at radius 3 is 2.71 bits per heavy atom. The monoisotopic (exact) mass is 415 g/mol. The van der Waals surface area contributed by atoms with Gasteiger partial charge in [-0.2, -0.15) is 0 Å². The van der Waals surface area contributed by atoms with Gasteiger partial charge < -0.3 is 0 Å². The van der Waals surface area contributed by atoms with Crippen LogP contribution in [0, 0.1) is 0 Å². The Labute approximate surface area is 134 Å². The van der Waals surface area contributed by atoms with Crippen LogP contribution >= 0.6 is 68.0 Å². The van der Waals surface area contributed by atoms with Crippen molar-refractivity contribution in [3.8, 4) is 0 Å². The first kappa shape index (κ1) is 15.9. The van der Waals surface area contributed by atoms with E-state index in [0.717, 1.165) is 15.5 Å². The second-order valence-electron chi connectivity index (χ2n) is 3.48. The Morgan fingerprint density at radius 2 is 2.12 bits per heavy atom. The van der Waals surface area contributed by atoms with Crippen LogP contribution in [0.4, 0.5) is 0 Å². The molecule has 1 aliphatic rings. The molecule has 0 amide bonds. The maximum absolute atomic E-state index is 6.32. The van der Waals surface area contributed by atoms with E-state index in [1.807, 2.05) is 6.07 Å². The van der Waals surface area contributed by atoms with Crippen molar-refractivity contribution in [1.82, 2.24) is 0 Å². The molecule has 94 valence electrons. The molecule has 1 unspecified atom stereocenters. The largest absolute Gasteiger partial charge is 0.269 e. The van der Waals surface area contributed by atoms with Gasteiger partial charge in [-0.25, -0.2) is 0 Å². The number of alkyl halides is 2. The molecule has 0 aromatic heterocycles. The fourth-order valence-corrected chi connectivity index (χ4v) is 4.36. The molecule has 1 heterocycles. The molecule has 0 spiro atoms. The molecular formula is C11H12Br2ClNS2. The summed E-state index contributed by atoms with van der Waals surface area (Å²) in [6.45, 7) is 0.696. The Hall–Kier alpha value is 0.840. The summed E-state index contributed by atoms with van der Waals surface area (Å²) in [6, 6.07) is 10.4. The molecule has 1 atom stereocenters. The summed E-state index contributed by atoms with van der Waals surface area (Å²) >= 11 is 13.2. The van der Waals surface area contributed by atoms with E-state index in [1.54, 1.807) is 23.5 Å². The van der Waals surface area contributed by atoms with Crippen molar-refractivity contribution in [2.24, 2.45) is 4.99 Å². The minimum absolute atomic E-state index is 0. The van der Waals surface area contributed by atoms with Crippen LogP contribution in [0.1, 0.15) is 5.56 Å². The number of halogens is 3. The van der Waals surface area contributed by atoms with E-state index < -0.39 is 0 Å². The first-order valence-electron chi connectivity index (χ1n) is 4.87. The highest BCUT2D eigenvalue weighted by Crippen LogP contribution is 2.42. The predicted octanol–water partition coefficient (Wildman–Crippen LogP) is 4.93. The molecule has 0 radical (unpaired) electrons. The number of nitrogens with zero attached hydrogens (tertiary/aromatic N) is 1. The highest BCUT2D eigenvalue weighted by atomic mass is 79.9. The van der Waals surface area contributed by atoms with Gasteiger partial charge in [0, 0.05) is 11.1 Å². The predicted molar refractivity (Wildman–Crippen MR) is 90.3 cm³/mol. The second-order valence-corrected chi connectivity index (χ2v) is 7.58. The Bertz CT molecular complexity index is 388. The molecule has 1 nitrogen and oxygen atoms in total. The fourth-order valence-electron chi connectivity index (χ4n) is 1.27. The summed E-state index contributed by atoms with van der Waals surface area (Å²) in [5, 5.41) is 0.769. The van der Waals surface area contributed by atoms with Gasteiger partial charge in [-0.3, -0.25) is 4.99 Å². The summed E-state index contributed by atoms with van der Waals surface area (Å²) in [5.41, 5.74) is 1.32. The highest BCUT2D eigenvalue weighted by Gasteiger charge is 2.33. The first-order valence-corrected chi connectivity index (χ1v) is 8.17. The van der Waals surface area contributed by atoms with E-state index >= 15 is 0 Å². The fraction of sp³-hybridized carbons (Fsp3) is 0.364. The van der Waals surface area contributed by atoms with Crippen molar-refractivity contribution in [2.75, 3.05) is 11.9 Å². The third-order valence-corrected chi connectivity index (χ3v) is 6.66. The molecule has 0 bridgehead atoms. The molecule has 1 aliphatic heterocycles. The summed E-state index contributed by atoms with van der Waals surface area (Å²) < 4.78 is 0.831. The van der Waals surface area contributed by atoms with Crippen molar-refractivity contribution in [2.45, 2.75) is 9.96 Å². The van der Waals surface area contributed by atoms with E-state index in [2.05, 4.69) is 45.2 Å². The van der Waals surface area contributed by atoms with Crippen LogP contribution in [-0.4, -0.2) is 20.5 Å². The molecule has 17 heavy (non-hydrogen) atoms. The van der Waals surface area contributed by atoms with Gasteiger partial charge >= 0.3 is 0 Å². The normalized spacial score (nSPS) is 23.1. The smallest absolute Gasteiger partial charge is 0.126 e. The molecule has 2 rings (SSSR count). The SMILES string of the molecule is Br.ClC1(CBr)CN=C(SCc2ccccc2)S1. The van der Waals surface area contributed by atoms with Gasteiger partial charge in [0.25, 0.3) is 0 Å². The van der Waals surface area contributed by atoms with Gasteiger partial charge in [0.15, 0.2) is 0 Å². The van der Waals surface area contributed by atoms with Crippen LogP contribution in [-0.2, 0) is 5.75 Å². The number of hydrogen-bond donors (Lipinski definition) is 0. The van der Waals surface area contributed by atoms with Crippen molar-refractivity contribution in [3.63, 3.8) is 0 Å². The highest BCUT2D eigenvalue weighted by molar-refractivity contribution is 9.09. The maximum Gasteiger partial charge on any atom is 0.126 e. The summed E-state index contributed by atoms with van der Waals surface area (Å²) in [4.78, 5) is 4.46. The lowest BCUT2D eigenvalue weighted by molar-refractivity contribution is 0.920. The number of aliphatic imine (C=N–C) groups is 1. The topological polar surface area (TPSA) is 12.4 Å². The van der Waals surface area contributed by atoms with Crippen LogP contribution in [0.25, 0.3) is 0 Å². The molecule has 1 aromatic carbocycles. The van der Waals surface area contributed by atoms with Crippen LogP contribution in [0.5, 0.6) is 0 Å². The Kier molecular flexibility index (Phi) is 6.95. The Morgan fingerprint density at radius 1 is 1.41 bits per heavy atom. The zero-order valence-corrected chi connectivity index (χ0v) is 14.6. The molecule has 1 aromatic rings. The van der Waals surface area contributed by atoms with Gasteiger partial charge in [-0.05, 0) is 5.56 Å². The van der Waals surface area contributed by atoms with Gasteiger partial charge in [0.2, 0.25) is 0 Å². The number of thioether (sulfide) groups is 2. The van der Waals surface area contributed by atoms with Gasteiger partial charge in [-0.15, -0.1) is 28.6 Å². The van der Waals surface area contributed by atoms with Crippen molar-refractivity contribution in [1.29, 1.82) is 0 Å². The van der Waals surface area contributed by atoms with Gasteiger partial charge in [0.1, 0.15) is 8.58 Å². The van der Waals surface area contributed by atoms with Gasteiger partial charge in [-0.1, -0.05) is 69.8 Å². The van der Waals surface area contributed by atoms with E-state index in [9.17, 15) is 0 Å². The molecule has 0 saturated carbocycles. The quantitative estimate of drug-likeness (QED) is 0.647. The van der Waals surface area contributed by atoms with Crippen LogP contribution in [0.15, 0.2) is 35.3 Å². The molecule has 0 aliphatic carbocycles. The lowest BCUT2D eigenvalue weighted by Crippen LogP contribution is -2.18. The summed E-state index contributed by atoms with van der Waals surface area (Å²) in [5.74, 6) is 0.960. The average Bonchev–Trinajstić information content (AvgIpc) is 2.71. The van der Waals surface area contributed by atoms with E-state index in [1.165, 1.54) is 5.56 Å². The van der Waals surface area contributed by atoms with Crippen LogP contribution in [0.3, 0.4) is 0 Å². The first-order chi connectivity index (χ1) is 7.72. The maximum atomic E-state index is 6.32. The number of hydrogen-bond acceptors (Lipinski definition) is 3. The standard InChI is InChI=1S/C11H11BrClNS2.BrH/c12-7-11(13)8-14-10(16-11)15-6-9-4-2-1-3-5-9;/h1-5H,6-8H2;1H. The van der Waals surface area contributed by atoms with Crippen molar-refractivity contribution >= 4 is 72.4 Å². The third kappa shape index (κ3) is 4.78. The summed E-state index contributed by atoms with van der Waals surface area (Å²) in [7, 11) is 0. The van der Waals surface area contributed by atoms with Crippen molar-refractivity contribution < 1.29 is 0 Å². The molecule has 0 fully saturated rings.